The molecule has 5 nitrogen and oxygen atoms in total. The van der Waals surface area contributed by atoms with Crippen molar-refractivity contribution in [2.75, 3.05) is 0 Å². The molecule has 94 valence electrons. The second kappa shape index (κ2) is 5.00. The van der Waals surface area contributed by atoms with Gasteiger partial charge in [0.2, 0.25) is 0 Å². The number of hydrogen-bond donors (Lipinski definition) is 1. The van der Waals surface area contributed by atoms with Gasteiger partial charge in [0.1, 0.15) is 0 Å². The molecule has 0 spiro atoms. The average molecular weight is 245 g/mol. The average Bonchev–Trinajstić information content (AvgIpc) is 2.73. The summed E-state index contributed by atoms with van der Waals surface area (Å²) in [6.07, 6.45) is 0.628. The minimum Gasteiger partial charge on any atom is -0.476 e. The van der Waals surface area contributed by atoms with Crippen LogP contribution in [0.3, 0.4) is 0 Å². The van der Waals surface area contributed by atoms with Gasteiger partial charge in [-0.1, -0.05) is 37.3 Å². The van der Waals surface area contributed by atoms with Crippen molar-refractivity contribution in [1.82, 2.24) is 15.0 Å². The fourth-order valence-electron chi connectivity index (χ4n) is 1.81. The molecule has 0 saturated heterocycles. The summed E-state index contributed by atoms with van der Waals surface area (Å²) in [5.41, 5.74) is 1.50. The normalized spacial score (nSPS) is 10.8. The molecule has 0 amide bonds. The second-order valence-corrected chi connectivity index (χ2v) is 4.54. The highest BCUT2D eigenvalue weighted by Gasteiger charge is 2.20. The minimum absolute atomic E-state index is 0.0348. The van der Waals surface area contributed by atoms with Gasteiger partial charge in [-0.3, -0.25) is 0 Å². The van der Waals surface area contributed by atoms with Crippen LogP contribution in [-0.2, 0) is 6.42 Å². The summed E-state index contributed by atoms with van der Waals surface area (Å²) in [6, 6.07) is 9.43. The summed E-state index contributed by atoms with van der Waals surface area (Å²) in [5, 5.41) is 16.8. The molecule has 1 N–H and O–H groups in total. The van der Waals surface area contributed by atoms with Crippen LogP contribution in [0.5, 0.6) is 0 Å². The smallest absolute Gasteiger partial charge is 0.358 e. The summed E-state index contributed by atoms with van der Waals surface area (Å²) in [7, 11) is 0. The number of carbonyl (C=O) groups is 1. The number of aromatic nitrogens is 3. The maximum Gasteiger partial charge on any atom is 0.358 e. The first kappa shape index (κ1) is 12.3. The van der Waals surface area contributed by atoms with E-state index in [0.717, 1.165) is 5.69 Å². The molecule has 0 bridgehead atoms. The number of rotatable bonds is 4. The highest BCUT2D eigenvalue weighted by atomic mass is 16.4. The molecular formula is C13H15N3O2. The van der Waals surface area contributed by atoms with Gasteiger partial charge in [0.05, 0.1) is 11.4 Å². The molecular weight excluding hydrogens is 230 g/mol. The molecule has 0 unspecified atom stereocenters. The number of para-hydroxylation sites is 1. The fraction of sp³-hybridized carbons (Fsp3) is 0.308. The van der Waals surface area contributed by atoms with E-state index in [2.05, 4.69) is 10.3 Å². The van der Waals surface area contributed by atoms with Crippen molar-refractivity contribution >= 4 is 5.97 Å². The maximum atomic E-state index is 11.1. The molecule has 0 aliphatic rings. The molecule has 2 aromatic rings. The summed E-state index contributed by atoms with van der Waals surface area (Å²) in [4.78, 5) is 11.1. The largest absolute Gasteiger partial charge is 0.476 e. The zero-order valence-corrected chi connectivity index (χ0v) is 10.4. The van der Waals surface area contributed by atoms with E-state index < -0.39 is 5.97 Å². The third kappa shape index (κ3) is 2.40. The standard InChI is InChI=1S/C13H15N3O2/c1-9(2)8-11-12(13(17)18)14-15-16(11)10-6-4-3-5-7-10/h3-7,9H,8H2,1-2H3,(H,17,18). The Morgan fingerprint density at radius 2 is 2.00 bits per heavy atom. The summed E-state index contributed by atoms with van der Waals surface area (Å²) >= 11 is 0. The topological polar surface area (TPSA) is 68.0 Å². The van der Waals surface area contributed by atoms with Gasteiger partial charge in [0, 0.05) is 0 Å². The van der Waals surface area contributed by atoms with Crippen molar-refractivity contribution in [1.29, 1.82) is 0 Å². The van der Waals surface area contributed by atoms with Crippen molar-refractivity contribution in [2.24, 2.45) is 5.92 Å². The highest BCUT2D eigenvalue weighted by Crippen LogP contribution is 2.16. The van der Waals surface area contributed by atoms with Crippen LogP contribution in [-0.4, -0.2) is 26.1 Å². The Bertz CT molecular complexity index is 547. The predicted molar refractivity (Wildman–Crippen MR) is 66.9 cm³/mol. The lowest BCUT2D eigenvalue weighted by Gasteiger charge is -2.08. The lowest BCUT2D eigenvalue weighted by Crippen LogP contribution is -2.09. The Morgan fingerprint density at radius 3 is 2.56 bits per heavy atom. The summed E-state index contributed by atoms with van der Waals surface area (Å²) in [5.74, 6) is -0.697. The van der Waals surface area contributed by atoms with Gasteiger partial charge in [-0.05, 0) is 24.5 Å². The number of carboxylic acid groups (broad SMARTS) is 1. The molecule has 0 saturated carbocycles. The maximum absolute atomic E-state index is 11.1. The highest BCUT2D eigenvalue weighted by molar-refractivity contribution is 5.86. The van der Waals surface area contributed by atoms with Crippen molar-refractivity contribution in [3.05, 3.63) is 41.7 Å². The van der Waals surface area contributed by atoms with Crippen molar-refractivity contribution in [3.8, 4) is 5.69 Å². The molecule has 0 aliphatic heterocycles. The van der Waals surface area contributed by atoms with Gasteiger partial charge >= 0.3 is 5.97 Å². The SMILES string of the molecule is CC(C)Cc1c(C(=O)O)nnn1-c1ccccc1. The first-order chi connectivity index (χ1) is 8.59. The van der Waals surface area contributed by atoms with Gasteiger partial charge in [-0.15, -0.1) is 5.10 Å². The number of nitrogens with zero attached hydrogens (tertiary/aromatic N) is 3. The predicted octanol–water partition coefficient (Wildman–Crippen LogP) is 2.16. The third-order valence-corrected chi connectivity index (χ3v) is 2.57. The van der Waals surface area contributed by atoms with Crippen LogP contribution in [0.4, 0.5) is 0 Å². The number of benzene rings is 1. The Balaban J connectivity index is 2.51. The Morgan fingerprint density at radius 1 is 1.33 bits per heavy atom. The summed E-state index contributed by atoms with van der Waals surface area (Å²) in [6.45, 7) is 4.07. The number of carboxylic acids is 1. The van der Waals surface area contributed by atoms with Crippen LogP contribution in [0.15, 0.2) is 30.3 Å². The van der Waals surface area contributed by atoms with E-state index in [1.165, 1.54) is 0 Å². The van der Waals surface area contributed by atoms with Crippen LogP contribution in [0, 0.1) is 5.92 Å². The van der Waals surface area contributed by atoms with Crippen molar-refractivity contribution in [3.63, 3.8) is 0 Å². The molecule has 1 heterocycles. The second-order valence-electron chi connectivity index (χ2n) is 4.54. The van der Waals surface area contributed by atoms with Crippen LogP contribution in [0.1, 0.15) is 30.0 Å². The molecule has 0 atom stereocenters. The van der Waals surface area contributed by atoms with E-state index in [1.807, 2.05) is 44.2 Å². The molecule has 1 aromatic heterocycles. The molecule has 2 rings (SSSR count). The van der Waals surface area contributed by atoms with E-state index in [0.29, 0.717) is 18.0 Å². The minimum atomic E-state index is -1.03. The fourth-order valence-corrected chi connectivity index (χ4v) is 1.81. The first-order valence-electron chi connectivity index (χ1n) is 5.83. The lowest BCUT2D eigenvalue weighted by molar-refractivity contribution is 0.0689. The van der Waals surface area contributed by atoms with E-state index in [9.17, 15) is 4.79 Å². The van der Waals surface area contributed by atoms with E-state index in [1.54, 1.807) is 4.68 Å². The van der Waals surface area contributed by atoms with Gasteiger partial charge < -0.3 is 5.11 Å². The first-order valence-corrected chi connectivity index (χ1v) is 5.83. The van der Waals surface area contributed by atoms with Gasteiger partial charge in [-0.2, -0.15) is 0 Å². The molecule has 5 heteroatoms. The van der Waals surface area contributed by atoms with Crippen LogP contribution < -0.4 is 0 Å². The zero-order valence-electron chi connectivity index (χ0n) is 10.4. The van der Waals surface area contributed by atoms with Crippen LogP contribution in [0.25, 0.3) is 5.69 Å². The van der Waals surface area contributed by atoms with E-state index in [4.69, 9.17) is 5.11 Å². The van der Waals surface area contributed by atoms with Gasteiger partial charge in [0.25, 0.3) is 0 Å². The van der Waals surface area contributed by atoms with Crippen LogP contribution in [0.2, 0.25) is 0 Å². The number of aromatic carboxylic acids is 1. The molecule has 1 aromatic carbocycles. The molecule has 0 radical (unpaired) electrons. The molecule has 18 heavy (non-hydrogen) atoms. The Labute approximate surface area is 105 Å². The van der Waals surface area contributed by atoms with Gasteiger partial charge in [0.15, 0.2) is 5.69 Å². The van der Waals surface area contributed by atoms with Crippen LogP contribution >= 0.6 is 0 Å². The van der Waals surface area contributed by atoms with Gasteiger partial charge in [-0.25, -0.2) is 9.48 Å². The summed E-state index contributed by atoms with van der Waals surface area (Å²) < 4.78 is 1.60. The molecule has 0 aliphatic carbocycles. The zero-order chi connectivity index (χ0) is 13.1. The third-order valence-electron chi connectivity index (χ3n) is 2.57. The van der Waals surface area contributed by atoms with Crippen molar-refractivity contribution < 1.29 is 9.90 Å². The number of hydrogen-bond acceptors (Lipinski definition) is 3. The van der Waals surface area contributed by atoms with E-state index in [-0.39, 0.29) is 5.69 Å². The van der Waals surface area contributed by atoms with E-state index >= 15 is 0 Å². The quantitative estimate of drug-likeness (QED) is 0.896. The van der Waals surface area contributed by atoms with Crippen molar-refractivity contribution in [2.45, 2.75) is 20.3 Å². The lowest BCUT2D eigenvalue weighted by atomic mass is 10.1. The Kier molecular flexibility index (Phi) is 3.41. The Hall–Kier alpha value is -2.17. The molecule has 0 fully saturated rings. The monoisotopic (exact) mass is 245 g/mol.